The van der Waals surface area contributed by atoms with Crippen LogP contribution in [-0.4, -0.2) is 10.9 Å². The maximum atomic E-state index is 12.5. The largest absolute Gasteiger partial charge is 0.354 e. The fourth-order valence-electron chi connectivity index (χ4n) is 2.46. The molecular weight excluding hydrogens is 378 g/mol. The highest BCUT2D eigenvalue weighted by molar-refractivity contribution is 9.10. The number of hydrogen-bond acceptors (Lipinski definition) is 3. The summed E-state index contributed by atoms with van der Waals surface area (Å²) in [6, 6.07) is 15.5. The van der Waals surface area contributed by atoms with E-state index in [1.54, 1.807) is 18.5 Å². The van der Waals surface area contributed by atoms with E-state index in [1.807, 2.05) is 56.3 Å². The van der Waals surface area contributed by atoms with Gasteiger partial charge in [0.25, 0.3) is 5.91 Å². The first kappa shape index (κ1) is 17.2. The van der Waals surface area contributed by atoms with Crippen LogP contribution in [0.4, 0.5) is 17.1 Å². The second-order valence-electron chi connectivity index (χ2n) is 5.82. The molecule has 126 valence electrons. The van der Waals surface area contributed by atoms with Gasteiger partial charge in [-0.2, -0.15) is 0 Å². The van der Waals surface area contributed by atoms with Crippen molar-refractivity contribution in [3.05, 3.63) is 82.1 Å². The smallest absolute Gasteiger partial charge is 0.257 e. The van der Waals surface area contributed by atoms with Gasteiger partial charge in [-0.05, 0) is 55.3 Å². The fraction of sp³-hybridized carbons (Fsp3) is 0.100. The molecule has 1 amide bonds. The van der Waals surface area contributed by atoms with E-state index >= 15 is 0 Å². The van der Waals surface area contributed by atoms with Crippen molar-refractivity contribution in [3.63, 3.8) is 0 Å². The number of nitrogens with one attached hydrogen (secondary N) is 2. The molecule has 0 bridgehead atoms. The predicted octanol–water partition coefficient (Wildman–Crippen LogP) is 5.46. The monoisotopic (exact) mass is 395 g/mol. The summed E-state index contributed by atoms with van der Waals surface area (Å²) in [5.74, 6) is -0.182. The average molecular weight is 396 g/mol. The van der Waals surface area contributed by atoms with Crippen molar-refractivity contribution in [1.29, 1.82) is 0 Å². The predicted molar refractivity (Wildman–Crippen MR) is 106 cm³/mol. The average Bonchev–Trinajstić information content (AvgIpc) is 2.60. The van der Waals surface area contributed by atoms with Crippen LogP contribution in [-0.2, 0) is 0 Å². The molecule has 0 spiro atoms. The van der Waals surface area contributed by atoms with Crippen LogP contribution in [0.15, 0.2) is 65.4 Å². The SMILES string of the molecule is Cc1ccccc1NC(=O)c1cncc(Nc2ccc(Br)cc2C)c1. The number of halogens is 1. The Hall–Kier alpha value is -2.66. The molecule has 4 nitrogen and oxygen atoms in total. The quantitative estimate of drug-likeness (QED) is 0.616. The van der Waals surface area contributed by atoms with E-state index in [4.69, 9.17) is 0 Å². The number of nitrogens with zero attached hydrogens (tertiary/aromatic N) is 1. The van der Waals surface area contributed by atoms with Gasteiger partial charge in [-0.3, -0.25) is 9.78 Å². The molecule has 0 saturated heterocycles. The van der Waals surface area contributed by atoms with E-state index in [2.05, 4.69) is 31.5 Å². The first-order valence-electron chi connectivity index (χ1n) is 7.88. The van der Waals surface area contributed by atoms with Gasteiger partial charge in [-0.1, -0.05) is 34.1 Å². The van der Waals surface area contributed by atoms with Gasteiger partial charge in [-0.15, -0.1) is 0 Å². The molecule has 1 heterocycles. The highest BCUT2D eigenvalue weighted by Crippen LogP contribution is 2.24. The Labute approximate surface area is 155 Å². The van der Waals surface area contributed by atoms with Crippen LogP contribution in [0, 0.1) is 13.8 Å². The molecule has 0 fully saturated rings. The Kier molecular flexibility index (Phi) is 5.14. The molecule has 0 aliphatic carbocycles. The topological polar surface area (TPSA) is 54.0 Å². The molecule has 0 atom stereocenters. The minimum absolute atomic E-state index is 0.182. The van der Waals surface area contributed by atoms with Gasteiger partial charge in [0.15, 0.2) is 0 Å². The number of amides is 1. The molecule has 0 aliphatic rings. The van der Waals surface area contributed by atoms with Gasteiger partial charge in [0.1, 0.15) is 0 Å². The lowest BCUT2D eigenvalue weighted by Crippen LogP contribution is -2.13. The van der Waals surface area contributed by atoms with Crippen molar-refractivity contribution in [3.8, 4) is 0 Å². The standard InChI is InChI=1S/C20H18BrN3O/c1-13-5-3-4-6-18(13)24-20(25)15-10-17(12-22-11-15)23-19-8-7-16(21)9-14(19)2/h3-12,23H,1-2H3,(H,24,25). The maximum Gasteiger partial charge on any atom is 0.257 e. The molecular formula is C20H18BrN3O. The molecule has 0 aliphatic heterocycles. The van der Waals surface area contributed by atoms with E-state index in [-0.39, 0.29) is 5.91 Å². The van der Waals surface area contributed by atoms with Crippen molar-refractivity contribution >= 4 is 38.9 Å². The zero-order valence-electron chi connectivity index (χ0n) is 14.0. The van der Waals surface area contributed by atoms with E-state index in [0.717, 1.165) is 32.7 Å². The molecule has 0 unspecified atom stereocenters. The van der Waals surface area contributed by atoms with Gasteiger partial charge >= 0.3 is 0 Å². The molecule has 2 N–H and O–H groups in total. The van der Waals surface area contributed by atoms with Crippen LogP contribution in [0.5, 0.6) is 0 Å². The Morgan fingerprint density at radius 2 is 1.76 bits per heavy atom. The molecule has 3 aromatic rings. The Balaban J connectivity index is 1.79. The van der Waals surface area contributed by atoms with Gasteiger partial charge in [0, 0.05) is 22.0 Å². The molecule has 0 saturated carbocycles. The fourth-order valence-corrected chi connectivity index (χ4v) is 2.94. The van der Waals surface area contributed by atoms with Crippen LogP contribution >= 0.6 is 15.9 Å². The number of aromatic nitrogens is 1. The molecule has 2 aromatic carbocycles. The van der Waals surface area contributed by atoms with Crippen LogP contribution in [0.2, 0.25) is 0 Å². The Bertz CT molecular complexity index is 924. The van der Waals surface area contributed by atoms with E-state index < -0.39 is 0 Å². The lowest BCUT2D eigenvalue weighted by molar-refractivity contribution is 0.102. The summed E-state index contributed by atoms with van der Waals surface area (Å²) in [5, 5.41) is 6.23. The minimum atomic E-state index is -0.182. The molecule has 3 rings (SSSR count). The van der Waals surface area contributed by atoms with Gasteiger partial charge in [0.2, 0.25) is 0 Å². The van der Waals surface area contributed by atoms with Crippen LogP contribution < -0.4 is 10.6 Å². The third kappa shape index (κ3) is 4.25. The second-order valence-corrected chi connectivity index (χ2v) is 6.73. The number of anilines is 3. The summed E-state index contributed by atoms with van der Waals surface area (Å²) < 4.78 is 1.03. The van der Waals surface area contributed by atoms with Gasteiger partial charge in [-0.25, -0.2) is 0 Å². The number of pyridine rings is 1. The first-order chi connectivity index (χ1) is 12.0. The number of aryl methyl sites for hydroxylation is 2. The lowest BCUT2D eigenvalue weighted by atomic mass is 10.1. The lowest BCUT2D eigenvalue weighted by Gasteiger charge is -2.11. The van der Waals surface area contributed by atoms with E-state index in [1.165, 1.54) is 0 Å². The van der Waals surface area contributed by atoms with Crippen molar-refractivity contribution in [2.45, 2.75) is 13.8 Å². The minimum Gasteiger partial charge on any atom is -0.354 e. The normalized spacial score (nSPS) is 10.4. The number of benzene rings is 2. The highest BCUT2D eigenvalue weighted by atomic mass is 79.9. The van der Waals surface area contributed by atoms with E-state index in [9.17, 15) is 4.79 Å². The number of para-hydroxylation sites is 1. The van der Waals surface area contributed by atoms with Crippen LogP contribution in [0.25, 0.3) is 0 Å². The third-order valence-corrected chi connectivity index (χ3v) is 4.35. The van der Waals surface area contributed by atoms with Gasteiger partial charge < -0.3 is 10.6 Å². The summed E-state index contributed by atoms with van der Waals surface area (Å²) in [6.45, 7) is 3.98. The Morgan fingerprint density at radius 3 is 2.52 bits per heavy atom. The molecule has 0 radical (unpaired) electrons. The van der Waals surface area contributed by atoms with Gasteiger partial charge in [0.05, 0.1) is 17.4 Å². The zero-order chi connectivity index (χ0) is 17.8. The zero-order valence-corrected chi connectivity index (χ0v) is 15.6. The summed E-state index contributed by atoms with van der Waals surface area (Å²) in [6.07, 6.45) is 3.26. The third-order valence-electron chi connectivity index (χ3n) is 3.86. The maximum absolute atomic E-state index is 12.5. The summed E-state index contributed by atoms with van der Waals surface area (Å²) in [4.78, 5) is 16.7. The second kappa shape index (κ2) is 7.49. The first-order valence-corrected chi connectivity index (χ1v) is 8.67. The van der Waals surface area contributed by atoms with Crippen LogP contribution in [0.1, 0.15) is 21.5 Å². The molecule has 5 heteroatoms. The van der Waals surface area contributed by atoms with Crippen LogP contribution in [0.3, 0.4) is 0 Å². The van der Waals surface area contributed by atoms with E-state index in [0.29, 0.717) is 5.56 Å². The van der Waals surface area contributed by atoms with Crippen molar-refractivity contribution in [1.82, 2.24) is 4.98 Å². The number of rotatable bonds is 4. The van der Waals surface area contributed by atoms with Crippen molar-refractivity contribution in [2.75, 3.05) is 10.6 Å². The summed E-state index contributed by atoms with van der Waals surface area (Å²) in [5.41, 5.74) is 5.16. The summed E-state index contributed by atoms with van der Waals surface area (Å²) in [7, 11) is 0. The molecule has 25 heavy (non-hydrogen) atoms. The van der Waals surface area contributed by atoms with Crippen molar-refractivity contribution < 1.29 is 4.79 Å². The number of carbonyl (C=O) groups excluding carboxylic acids is 1. The number of carbonyl (C=O) groups is 1. The summed E-state index contributed by atoms with van der Waals surface area (Å²) >= 11 is 3.46. The number of hydrogen-bond donors (Lipinski definition) is 2. The highest BCUT2D eigenvalue weighted by Gasteiger charge is 2.09. The Morgan fingerprint density at radius 1 is 0.960 bits per heavy atom. The molecule has 1 aromatic heterocycles. The van der Waals surface area contributed by atoms with Crippen molar-refractivity contribution in [2.24, 2.45) is 0 Å².